The lowest BCUT2D eigenvalue weighted by atomic mass is 10.1. The molecule has 144 valence electrons. The van der Waals surface area contributed by atoms with Crippen molar-refractivity contribution in [3.63, 3.8) is 0 Å². The summed E-state index contributed by atoms with van der Waals surface area (Å²) < 4.78 is 4.94. The summed E-state index contributed by atoms with van der Waals surface area (Å²) in [6.45, 7) is 3.56. The Kier molecular flexibility index (Phi) is 6.40. The second-order valence-electron chi connectivity index (χ2n) is 5.70. The molecule has 1 heterocycles. The van der Waals surface area contributed by atoms with Crippen LogP contribution in [0.1, 0.15) is 16.8 Å². The van der Waals surface area contributed by atoms with Gasteiger partial charge in [0.15, 0.2) is 0 Å². The number of rotatable bonds is 6. The van der Waals surface area contributed by atoms with Crippen LogP contribution in [0, 0.1) is 10.1 Å². The molecule has 2 rings (SSSR count). The lowest BCUT2D eigenvalue weighted by Gasteiger charge is -2.23. The molecule has 1 aromatic rings. The predicted molar refractivity (Wildman–Crippen MR) is 98.1 cm³/mol. The van der Waals surface area contributed by atoms with Gasteiger partial charge in [0.2, 0.25) is 5.91 Å². The number of likely N-dealkylation sites (tertiary alicyclic amines) is 1. The standard InChI is InChI=1S/C16H17N3O7S/c1-2-5-26-16(23)18-8-10(27)7-13(18)14(20)17-12-6-9(19(24)25)3-4-11(12)15(21)22/h2-4,6,10,13,27H,1,5,7-8H2,(H,17,20)(H,21,22)/t10-,13-/m0/s1. The second kappa shape index (κ2) is 8.54. The number of non-ortho nitro benzene ring substituents is 1. The van der Waals surface area contributed by atoms with E-state index in [9.17, 15) is 29.6 Å². The molecule has 0 aliphatic carbocycles. The fraction of sp³-hybridized carbons (Fsp3) is 0.312. The maximum Gasteiger partial charge on any atom is 0.410 e. The average Bonchev–Trinajstić information content (AvgIpc) is 3.01. The van der Waals surface area contributed by atoms with E-state index in [-0.39, 0.29) is 41.8 Å². The largest absolute Gasteiger partial charge is 0.478 e. The van der Waals surface area contributed by atoms with Gasteiger partial charge in [-0.05, 0) is 12.5 Å². The number of nitrogens with zero attached hydrogens (tertiary/aromatic N) is 2. The Hall–Kier alpha value is -3.08. The number of hydrogen-bond donors (Lipinski definition) is 3. The van der Waals surface area contributed by atoms with Crippen molar-refractivity contribution >= 4 is 42.0 Å². The predicted octanol–water partition coefficient (Wildman–Crippen LogP) is 1.93. The van der Waals surface area contributed by atoms with Crippen LogP contribution in [0.15, 0.2) is 30.9 Å². The highest BCUT2D eigenvalue weighted by molar-refractivity contribution is 7.81. The average molecular weight is 395 g/mol. The van der Waals surface area contributed by atoms with E-state index in [0.717, 1.165) is 18.2 Å². The SMILES string of the molecule is C=CCOC(=O)N1C[C@@H](S)C[C@H]1C(=O)Nc1cc([N+](=O)[O-])ccc1C(=O)O. The fourth-order valence-electron chi connectivity index (χ4n) is 2.63. The lowest BCUT2D eigenvalue weighted by molar-refractivity contribution is -0.384. The van der Waals surface area contributed by atoms with Crippen LogP contribution in [0.25, 0.3) is 0 Å². The van der Waals surface area contributed by atoms with Gasteiger partial charge in [0.25, 0.3) is 5.69 Å². The van der Waals surface area contributed by atoms with Crippen molar-refractivity contribution in [2.45, 2.75) is 17.7 Å². The van der Waals surface area contributed by atoms with Crippen LogP contribution >= 0.6 is 12.6 Å². The van der Waals surface area contributed by atoms with E-state index in [4.69, 9.17) is 4.74 Å². The molecule has 0 saturated carbocycles. The summed E-state index contributed by atoms with van der Waals surface area (Å²) in [4.78, 5) is 47.4. The molecule has 0 spiro atoms. The number of aromatic carboxylic acids is 1. The van der Waals surface area contributed by atoms with E-state index in [1.54, 1.807) is 0 Å². The fourth-order valence-corrected chi connectivity index (χ4v) is 3.00. The molecule has 2 N–H and O–H groups in total. The van der Waals surface area contributed by atoms with Crippen molar-refractivity contribution in [1.29, 1.82) is 0 Å². The van der Waals surface area contributed by atoms with Gasteiger partial charge < -0.3 is 15.2 Å². The summed E-state index contributed by atoms with van der Waals surface area (Å²) in [5.41, 5.74) is -0.921. The second-order valence-corrected chi connectivity index (χ2v) is 6.43. The van der Waals surface area contributed by atoms with E-state index in [1.807, 2.05) is 0 Å². The van der Waals surface area contributed by atoms with Gasteiger partial charge in [-0.3, -0.25) is 19.8 Å². The molecule has 0 bridgehead atoms. The first-order valence-corrected chi connectivity index (χ1v) is 8.31. The summed E-state index contributed by atoms with van der Waals surface area (Å²) in [5.74, 6) is -2.05. The van der Waals surface area contributed by atoms with Gasteiger partial charge in [0.1, 0.15) is 12.6 Å². The van der Waals surface area contributed by atoms with Crippen LogP contribution in [0.3, 0.4) is 0 Å². The molecule has 11 heteroatoms. The van der Waals surface area contributed by atoms with Crippen molar-refractivity contribution in [2.24, 2.45) is 0 Å². The van der Waals surface area contributed by atoms with Gasteiger partial charge in [-0.25, -0.2) is 9.59 Å². The van der Waals surface area contributed by atoms with Crippen molar-refractivity contribution in [3.05, 3.63) is 46.5 Å². The normalized spacial score (nSPS) is 18.6. The number of carbonyl (C=O) groups is 3. The number of carboxylic acid groups (broad SMARTS) is 1. The first-order valence-electron chi connectivity index (χ1n) is 7.79. The van der Waals surface area contributed by atoms with E-state index < -0.39 is 28.9 Å². The quantitative estimate of drug-likeness (QED) is 0.289. The number of thiol groups is 1. The van der Waals surface area contributed by atoms with Crippen LogP contribution in [-0.4, -0.2) is 57.3 Å². The van der Waals surface area contributed by atoms with Gasteiger partial charge in [0.05, 0.1) is 16.2 Å². The van der Waals surface area contributed by atoms with Gasteiger partial charge in [-0.1, -0.05) is 12.7 Å². The summed E-state index contributed by atoms with van der Waals surface area (Å²) in [6.07, 6.45) is 0.864. The first kappa shape index (κ1) is 20.2. The van der Waals surface area contributed by atoms with Gasteiger partial charge >= 0.3 is 12.1 Å². The zero-order chi connectivity index (χ0) is 20.1. The third-order valence-electron chi connectivity index (χ3n) is 3.84. The highest BCUT2D eigenvalue weighted by atomic mass is 32.1. The Morgan fingerprint density at radius 3 is 2.78 bits per heavy atom. The highest BCUT2D eigenvalue weighted by Gasteiger charge is 2.39. The molecule has 1 aromatic carbocycles. The van der Waals surface area contributed by atoms with Gasteiger partial charge in [-0.2, -0.15) is 12.6 Å². The number of ether oxygens (including phenoxy) is 1. The molecular weight excluding hydrogens is 378 g/mol. The lowest BCUT2D eigenvalue weighted by Crippen LogP contribution is -2.43. The number of amides is 2. The Balaban J connectivity index is 2.25. The maximum absolute atomic E-state index is 12.6. The Labute approximate surface area is 159 Å². The summed E-state index contributed by atoms with van der Waals surface area (Å²) in [6, 6.07) is 2.06. The van der Waals surface area contributed by atoms with E-state index in [2.05, 4.69) is 24.5 Å². The third-order valence-corrected chi connectivity index (χ3v) is 4.22. The van der Waals surface area contributed by atoms with Crippen LogP contribution in [-0.2, 0) is 9.53 Å². The summed E-state index contributed by atoms with van der Waals surface area (Å²) in [7, 11) is 0. The number of nitro groups is 1. The molecule has 1 saturated heterocycles. The monoisotopic (exact) mass is 395 g/mol. The zero-order valence-electron chi connectivity index (χ0n) is 14.0. The maximum atomic E-state index is 12.6. The molecule has 10 nitrogen and oxygen atoms in total. The molecule has 0 aromatic heterocycles. The molecule has 2 amide bonds. The molecule has 2 atom stereocenters. The minimum Gasteiger partial charge on any atom is -0.478 e. The van der Waals surface area contributed by atoms with E-state index >= 15 is 0 Å². The number of nitrogens with one attached hydrogen (secondary N) is 1. The number of nitro benzene ring substituents is 1. The highest BCUT2D eigenvalue weighted by Crippen LogP contribution is 2.27. The summed E-state index contributed by atoms with van der Waals surface area (Å²) >= 11 is 4.28. The molecule has 0 unspecified atom stereocenters. The Morgan fingerprint density at radius 2 is 2.19 bits per heavy atom. The number of carbonyl (C=O) groups excluding carboxylic acids is 2. The molecule has 0 radical (unpaired) electrons. The van der Waals surface area contributed by atoms with Crippen molar-refractivity contribution < 1.29 is 29.2 Å². The van der Waals surface area contributed by atoms with E-state index in [1.165, 1.54) is 11.0 Å². The molecule has 1 aliphatic rings. The molecule has 1 fully saturated rings. The number of carboxylic acids is 1. The van der Waals surface area contributed by atoms with Crippen LogP contribution in [0.4, 0.5) is 16.2 Å². The minimum atomic E-state index is -1.36. The number of hydrogen-bond acceptors (Lipinski definition) is 7. The zero-order valence-corrected chi connectivity index (χ0v) is 14.9. The van der Waals surface area contributed by atoms with Crippen molar-refractivity contribution in [3.8, 4) is 0 Å². The third kappa shape index (κ3) is 4.76. The number of anilines is 1. The topological polar surface area (TPSA) is 139 Å². The van der Waals surface area contributed by atoms with Crippen molar-refractivity contribution in [1.82, 2.24) is 4.90 Å². The van der Waals surface area contributed by atoms with Crippen LogP contribution in [0.2, 0.25) is 0 Å². The minimum absolute atomic E-state index is 0.0328. The smallest absolute Gasteiger partial charge is 0.410 e. The molecule has 1 aliphatic heterocycles. The number of benzene rings is 1. The summed E-state index contributed by atoms with van der Waals surface area (Å²) in [5, 5.41) is 22.2. The molecule has 27 heavy (non-hydrogen) atoms. The van der Waals surface area contributed by atoms with Gasteiger partial charge in [0, 0.05) is 23.9 Å². The Morgan fingerprint density at radius 1 is 1.48 bits per heavy atom. The van der Waals surface area contributed by atoms with Crippen LogP contribution < -0.4 is 5.32 Å². The van der Waals surface area contributed by atoms with Crippen molar-refractivity contribution in [2.75, 3.05) is 18.5 Å². The Bertz CT molecular complexity index is 798. The van der Waals surface area contributed by atoms with E-state index in [0.29, 0.717) is 0 Å². The molecular formula is C16H17N3O7S. The first-order chi connectivity index (χ1) is 12.7. The van der Waals surface area contributed by atoms with Gasteiger partial charge in [-0.15, -0.1) is 0 Å². The van der Waals surface area contributed by atoms with Crippen LogP contribution in [0.5, 0.6) is 0 Å².